The Kier molecular flexibility index (Phi) is 3.81. The lowest BCUT2D eigenvalue weighted by molar-refractivity contribution is 1.07. The fourth-order valence-electron chi connectivity index (χ4n) is 1.64. The van der Waals surface area contributed by atoms with Crippen molar-refractivity contribution in [1.82, 2.24) is 0 Å². The molecule has 2 heteroatoms. The molecule has 0 bridgehead atoms. The molecular formula is C14H13ClSi. The first-order chi connectivity index (χ1) is 7.75. The van der Waals surface area contributed by atoms with Gasteiger partial charge in [0.25, 0.3) is 0 Å². The van der Waals surface area contributed by atoms with Crippen LogP contribution in [0, 0.1) is 0 Å². The summed E-state index contributed by atoms with van der Waals surface area (Å²) in [5.41, 5.74) is 1.84. The van der Waals surface area contributed by atoms with Crippen LogP contribution in [0.3, 0.4) is 0 Å². The van der Waals surface area contributed by atoms with Gasteiger partial charge in [0.2, 0.25) is 0 Å². The molecule has 0 nitrogen and oxygen atoms in total. The molecule has 0 aromatic heterocycles. The molecule has 0 unspecified atom stereocenters. The Morgan fingerprint density at radius 1 is 1.00 bits per heavy atom. The molecule has 0 heterocycles. The second-order valence-electron chi connectivity index (χ2n) is 3.79. The molecule has 0 aliphatic rings. The van der Waals surface area contributed by atoms with Crippen LogP contribution in [-0.2, 0) is 0 Å². The molecule has 2 radical (unpaired) electrons. The maximum Gasteiger partial charge on any atom is 0.0887 e. The Morgan fingerprint density at radius 2 is 1.75 bits per heavy atom. The molecule has 0 amide bonds. The van der Waals surface area contributed by atoms with Crippen LogP contribution in [0.4, 0.5) is 0 Å². The number of hydrogen-bond donors (Lipinski definition) is 0. The zero-order chi connectivity index (χ0) is 11.4. The summed E-state index contributed by atoms with van der Waals surface area (Å²) in [6.45, 7) is 2.25. The van der Waals surface area contributed by atoms with Gasteiger partial charge in [-0.05, 0) is 23.2 Å². The third kappa shape index (κ3) is 2.97. The van der Waals surface area contributed by atoms with E-state index >= 15 is 0 Å². The summed E-state index contributed by atoms with van der Waals surface area (Å²) in [7, 11) is 0.793. The third-order valence-electron chi connectivity index (χ3n) is 2.51. The maximum atomic E-state index is 5.99. The van der Waals surface area contributed by atoms with Crippen molar-refractivity contribution in [2.45, 2.75) is 12.5 Å². The van der Waals surface area contributed by atoms with Crippen molar-refractivity contribution in [2.24, 2.45) is 0 Å². The van der Waals surface area contributed by atoms with E-state index in [1.165, 1.54) is 10.8 Å². The summed E-state index contributed by atoms with van der Waals surface area (Å²) in [6.07, 6.45) is 0. The van der Waals surface area contributed by atoms with Crippen molar-refractivity contribution in [2.75, 3.05) is 0 Å². The quantitative estimate of drug-likeness (QED) is 0.726. The van der Waals surface area contributed by atoms with Gasteiger partial charge in [0.15, 0.2) is 0 Å². The fourth-order valence-corrected chi connectivity index (χ4v) is 3.07. The molecule has 1 atom stereocenters. The number of rotatable bonds is 3. The lowest BCUT2D eigenvalue weighted by Crippen LogP contribution is -2.19. The minimum absolute atomic E-state index is 0.529. The summed E-state index contributed by atoms with van der Waals surface area (Å²) in [5, 5.41) is 2.22. The van der Waals surface area contributed by atoms with Crippen LogP contribution in [-0.4, -0.2) is 9.52 Å². The molecule has 0 saturated carbocycles. The predicted octanol–water partition coefficient (Wildman–Crippen LogP) is 3.43. The normalized spacial score (nSPS) is 12.4. The van der Waals surface area contributed by atoms with Crippen LogP contribution in [0.25, 0.3) is 0 Å². The van der Waals surface area contributed by atoms with Crippen molar-refractivity contribution in [1.29, 1.82) is 0 Å². The van der Waals surface area contributed by atoms with Gasteiger partial charge in [0.1, 0.15) is 0 Å². The van der Waals surface area contributed by atoms with Crippen LogP contribution in [0.2, 0.25) is 5.02 Å². The van der Waals surface area contributed by atoms with Crippen LogP contribution >= 0.6 is 11.6 Å². The average molecular weight is 245 g/mol. The van der Waals surface area contributed by atoms with E-state index in [9.17, 15) is 0 Å². The second kappa shape index (κ2) is 5.33. The van der Waals surface area contributed by atoms with E-state index in [0.717, 1.165) is 14.5 Å². The van der Waals surface area contributed by atoms with E-state index in [1.807, 2.05) is 12.1 Å². The van der Waals surface area contributed by atoms with Crippen molar-refractivity contribution in [3.05, 3.63) is 65.2 Å². The van der Waals surface area contributed by atoms with Crippen LogP contribution in [0.5, 0.6) is 0 Å². The molecule has 80 valence electrons. The van der Waals surface area contributed by atoms with Crippen LogP contribution in [0.1, 0.15) is 18.0 Å². The van der Waals surface area contributed by atoms with Gasteiger partial charge in [-0.2, -0.15) is 0 Å². The van der Waals surface area contributed by atoms with Gasteiger partial charge in [0.05, 0.1) is 9.52 Å². The molecular weight excluding hydrogens is 232 g/mol. The molecule has 0 spiro atoms. The highest BCUT2D eigenvalue weighted by atomic mass is 35.5. The Balaban J connectivity index is 2.12. The molecule has 0 fully saturated rings. The summed E-state index contributed by atoms with van der Waals surface area (Å²) in [4.78, 5) is 0. The molecule has 16 heavy (non-hydrogen) atoms. The number of halogens is 1. The van der Waals surface area contributed by atoms with E-state index in [4.69, 9.17) is 11.6 Å². The number of benzene rings is 2. The van der Waals surface area contributed by atoms with Crippen molar-refractivity contribution < 1.29 is 0 Å². The fraction of sp³-hybridized carbons (Fsp3) is 0.143. The molecule has 0 aliphatic carbocycles. The van der Waals surface area contributed by atoms with Gasteiger partial charge in [0, 0.05) is 5.02 Å². The highest BCUT2D eigenvalue weighted by Crippen LogP contribution is 2.18. The summed E-state index contributed by atoms with van der Waals surface area (Å²) < 4.78 is 0. The Bertz CT molecular complexity index is 453. The third-order valence-corrected chi connectivity index (χ3v) is 4.17. The highest BCUT2D eigenvalue weighted by molar-refractivity contribution is 6.54. The zero-order valence-corrected chi connectivity index (χ0v) is 10.9. The molecule has 0 saturated heterocycles. The van der Waals surface area contributed by atoms with E-state index in [0.29, 0.717) is 5.54 Å². The van der Waals surface area contributed by atoms with E-state index < -0.39 is 0 Å². The standard InChI is InChI=1S/C14H13ClSi/c1-11(12-6-5-7-13(15)10-12)16-14-8-3-2-4-9-14/h2-11H,1H3/t11-/m0/s1. The zero-order valence-electron chi connectivity index (χ0n) is 9.15. The summed E-state index contributed by atoms with van der Waals surface area (Å²) in [5.74, 6) is 0. The average Bonchev–Trinajstić information content (AvgIpc) is 2.30. The Hall–Kier alpha value is -1.05. The second-order valence-corrected chi connectivity index (χ2v) is 5.96. The smallest absolute Gasteiger partial charge is 0.0843 e. The first-order valence-electron chi connectivity index (χ1n) is 5.33. The van der Waals surface area contributed by atoms with Gasteiger partial charge in [-0.3, -0.25) is 0 Å². The Morgan fingerprint density at radius 3 is 2.44 bits per heavy atom. The molecule has 2 rings (SSSR count). The lowest BCUT2D eigenvalue weighted by Gasteiger charge is -2.11. The summed E-state index contributed by atoms with van der Waals surface area (Å²) >= 11 is 5.99. The van der Waals surface area contributed by atoms with E-state index in [1.54, 1.807) is 0 Å². The Labute approximate surface area is 104 Å². The SMILES string of the molecule is C[C@H]([Si]c1ccccc1)c1cccc(Cl)c1. The van der Waals surface area contributed by atoms with E-state index in [-0.39, 0.29) is 0 Å². The topological polar surface area (TPSA) is 0 Å². The first-order valence-corrected chi connectivity index (χ1v) is 6.78. The minimum atomic E-state index is 0.529. The molecule has 0 N–H and O–H groups in total. The maximum absolute atomic E-state index is 5.99. The van der Waals surface area contributed by atoms with Crippen LogP contribution < -0.4 is 5.19 Å². The van der Waals surface area contributed by atoms with Gasteiger partial charge in [-0.15, -0.1) is 0 Å². The van der Waals surface area contributed by atoms with Gasteiger partial charge >= 0.3 is 0 Å². The van der Waals surface area contributed by atoms with Gasteiger partial charge in [-0.1, -0.05) is 66.2 Å². The van der Waals surface area contributed by atoms with Crippen molar-refractivity contribution >= 4 is 26.3 Å². The summed E-state index contributed by atoms with van der Waals surface area (Å²) in [6, 6.07) is 18.7. The van der Waals surface area contributed by atoms with Crippen LogP contribution in [0.15, 0.2) is 54.6 Å². The van der Waals surface area contributed by atoms with Gasteiger partial charge in [-0.25, -0.2) is 0 Å². The molecule has 0 aliphatic heterocycles. The first kappa shape index (κ1) is 11.4. The monoisotopic (exact) mass is 244 g/mol. The van der Waals surface area contributed by atoms with Crippen molar-refractivity contribution in [3.8, 4) is 0 Å². The van der Waals surface area contributed by atoms with Gasteiger partial charge < -0.3 is 0 Å². The predicted molar refractivity (Wildman–Crippen MR) is 71.7 cm³/mol. The number of hydrogen-bond acceptors (Lipinski definition) is 0. The lowest BCUT2D eigenvalue weighted by atomic mass is 10.2. The molecule has 2 aromatic rings. The van der Waals surface area contributed by atoms with Crippen molar-refractivity contribution in [3.63, 3.8) is 0 Å². The largest absolute Gasteiger partial charge is 0.0887 e. The van der Waals surface area contributed by atoms with E-state index in [2.05, 4.69) is 49.4 Å². The minimum Gasteiger partial charge on any atom is -0.0843 e. The molecule has 2 aromatic carbocycles. The highest BCUT2D eigenvalue weighted by Gasteiger charge is 2.07.